The van der Waals surface area contributed by atoms with E-state index in [1.807, 2.05) is 17.0 Å². The summed E-state index contributed by atoms with van der Waals surface area (Å²) in [4.78, 5) is 32.3. The minimum atomic E-state index is -0.497. The van der Waals surface area contributed by atoms with Crippen LogP contribution in [-0.4, -0.2) is 82.6 Å². The van der Waals surface area contributed by atoms with Crippen LogP contribution in [0.4, 0.5) is 10.2 Å². The Bertz CT molecular complexity index is 1540. The van der Waals surface area contributed by atoms with Crippen molar-refractivity contribution in [3.8, 4) is 23.3 Å². The molecule has 3 aliphatic rings. The standard InChI is InChI=1S/C31H34FN7O2/c1-3-26(40)39-16-15-38(18-21(39)12-13-33)30-25-17-34-28(24-11-5-8-20-7-4-10-23(20)24)27(32)29(25)35-31(36-30)41-19-22-9-6-14-37(22)2/h3,5,8,11,17,21-22H,1,4,6-7,9-10,12,14-16,18-19H2,2H3/t21-,22-/m0/s1. The van der Waals surface area contributed by atoms with E-state index in [1.54, 1.807) is 11.1 Å². The molecule has 41 heavy (non-hydrogen) atoms. The third kappa shape index (κ3) is 5.10. The molecule has 3 aromatic rings. The number of aryl methyl sites for hydroxylation is 1. The van der Waals surface area contributed by atoms with Crippen LogP contribution in [-0.2, 0) is 17.6 Å². The number of benzene rings is 1. The molecule has 0 N–H and O–H groups in total. The Kier molecular flexibility index (Phi) is 7.54. The molecule has 2 saturated heterocycles. The number of hydrogen-bond acceptors (Lipinski definition) is 8. The van der Waals surface area contributed by atoms with Crippen molar-refractivity contribution in [2.75, 3.05) is 44.7 Å². The first-order valence-electron chi connectivity index (χ1n) is 14.3. The SMILES string of the molecule is C=CC(=O)N1CCN(c2nc(OC[C@@H]3CCCN3C)nc3c(F)c(-c4cccc5c4CCC5)ncc23)C[C@@H]1CC#N. The molecule has 0 unspecified atom stereocenters. The van der Waals surface area contributed by atoms with Crippen LogP contribution in [0.5, 0.6) is 6.01 Å². The van der Waals surface area contributed by atoms with Crippen molar-refractivity contribution in [2.24, 2.45) is 0 Å². The summed E-state index contributed by atoms with van der Waals surface area (Å²) >= 11 is 0. The van der Waals surface area contributed by atoms with Crippen LogP contribution in [0.2, 0.25) is 0 Å². The van der Waals surface area contributed by atoms with E-state index in [0.717, 1.165) is 49.8 Å². The first-order chi connectivity index (χ1) is 20.0. The highest BCUT2D eigenvalue weighted by Crippen LogP contribution is 2.37. The van der Waals surface area contributed by atoms with Gasteiger partial charge < -0.3 is 19.4 Å². The molecule has 2 fully saturated rings. The number of piperazine rings is 1. The topological polar surface area (TPSA) is 98.5 Å². The zero-order valence-electron chi connectivity index (χ0n) is 23.4. The highest BCUT2D eigenvalue weighted by molar-refractivity contribution is 5.92. The van der Waals surface area contributed by atoms with Gasteiger partial charge in [0.2, 0.25) is 5.91 Å². The molecule has 0 radical (unpaired) electrons. The number of nitrogens with zero attached hydrogens (tertiary/aromatic N) is 7. The number of likely N-dealkylation sites (tertiary alicyclic amines) is 1. The Morgan fingerprint density at radius 2 is 2.10 bits per heavy atom. The van der Waals surface area contributed by atoms with E-state index in [2.05, 4.69) is 40.6 Å². The van der Waals surface area contributed by atoms with Gasteiger partial charge in [-0.05, 0) is 62.9 Å². The lowest BCUT2D eigenvalue weighted by molar-refractivity contribution is -0.128. The quantitative estimate of drug-likeness (QED) is 0.405. The molecule has 2 aliphatic heterocycles. The number of nitriles is 1. The molecule has 0 spiro atoms. The number of hydrogen-bond donors (Lipinski definition) is 0. The molecule has 1 aromatic carbocycles. The normalized spacial score (nSPS) is 20.7. The van der Waals surface area contributed by atoms with Gasteiger partial charge in [0.15, 0.2) is 5.82 Å². The zero-order chi connectivity index (χ0) is 28.5. The number of pyridine rings is 1. The van der Waals surface area contributed by atoms with Crippen molar-refractivity contribution in [1.29, 1.82) is 5.26 Å². The summed E-state index contributed by atoms with van der Waals surface area (Å²) in [6.45, 7) is 6.22. The van der Waals surface area contributed by atoms with E-state index in [0.29, 0.717) is 37.4 Å². The molecule has 1 aliphatic carbocycles. The van der Waals surface area contributed by atoms with E-state index in [9.17, 15) is 10.1 Å². The lowest BCUT2D eigenvalue weighted by atomic mass is 9.99. The first kappa shape index (κ1) is 27.1. The molecule has 2 atom stereocenters. The summed E-state index contributed by atoms with van der Waals surface area (Å²) in [6.07, 6.45) is 8.14. The van der Waals surface area contributed by atoms with Gasteiger partial charge in [0.05, 0.1) is 23.9 Å². The molecular weight excluding hydrogens is 521 g/mol. The molecule has 212 valence electrons. The monoisotopic (exact) mass is 555 g/mol. The van der Waals surface area contributed by atoms with Gasteiger partial charge in [-0.2, -0.15) is 15.2 Å². The van der Waals surface area contributed by atoms with E-state index in [1.165, 1.54) is 11.6 Å². The minimum absolute atomic E-state index is 0.114. The summed E-state index contributed by atoms with van der Waals surface area (Å²) in [7, 11) is 2.07. The van der Waals surface area contributed by atoms with Crippen LogP contribution in [0.3, 0.4) is 0 Å². The predicted octanol–water partition coefficient (Wildman–Crippen LogP) is 3.91. The van der Waals surface area contributed by atoms with E-state index in [-0.39, 0.29) is 41.6 Å². The second-order valence-corrected chi connectivity index (χ2v) is 11.1. The molecule has 6 rings (SSSR count). The van der Waals surface area contributed by atoms with Crippen LogP contribution in [0, 0.1) is 17.1 Å². The highest BCUT2D eigenvalue weighted by Gasteiger charge is 2.32. The number of anilines is 1. The maximum atomic E-state index is 16.4. The Hall–Kier alpha value is -4.10. The summed E-state index contributed by atoms with van der Waals surface area (Å²) < 4.78 is 22.5. The van der Waals surface area contributed by atoms with Crippen LogP contribution >= 0.6 is 0 Å². The summed E-state index contributed by atoms with van der Waals surface area (Å²) in [5, 5.41) is 9.93. The first-order valence-corrected chi connectivity index (χ1v) is 14.3. The smallest absolute Gasteiger partial charge is 0.319 e. The van der Waals surface area contributed by atoms with Gasteiger partial charge in [-0.15, -0.1) is 0 Å². The average Bonchev–Trinajstić information content (AvgIpc) is 3.64. The Labute approximate surface area is 239 Å². The number of carbonyl (C=O) groups excluding carboxylic acids is 1. The molecule has 9 nitrogen and oxygen atoms in total. The van der Waals surface area contributed by atoms with Gasteiger partial charge in [-0.3, -0.25) is 9.78 Å². The van der Waals surface area contributed by atoms with Gasteiger partial charge in [-0.1, -0.05) is 24.8 Å². The van der Waals surface area contributed by atoms with Crippen LogP contribution in [0.15, 0.2) is 37.1 Å². The van der Waals surface area contributed by atoms with E-state index in [4.69, 9.17) is 9.72 Å². The second-order valence-electron chi connectivity index (χ2n) is 11.1. The van der Waals surface area contributed by atoms with Crippen molar-refractivity contribution < 1.29 is 13.9 Å². The number of fused-ring (bicyclic) bond motifs is 2. The maximum Gasteiger partial charge on any atom is 0.319 e. The molecule has 2 aromatic heterocycles. The number of aromatic nitrogens is 3. The van der Waals surface area contributed by atoms with Crippen molar-refractivity contribution in [3.63, 3.8) is 0 Å². The molecular formula is C31H34FN7O2. The van der Waals surface area contributed by atoms with Gasteiger partial charge >= 0.3 is 6.01 Å². The number of ether oxygens (including phenoxy) is 1. The second kappa shape index (κ2) is 11.4. The van der Waals surface area contributed by atoms with Gasteiger partial charge in [0.1, 0.15) is 23.6 Å². The molecule has 1 amide bonds. The summed E-state index contributed by atoms with van der Waals surface area (Å²) in [5.41, 5.74) is 3.64. The van der Waals surface area contributed by atoms with Crippen LogP contribution in [0.1, 0.15) is 36.8 Å². The Morgan fingerprint density at radius 3 is 2.88 bits per heavy atom. The predicted molar refractivity (Wildman–Crippen MR) is 154 cm³/mol. The summed E-state index contributed by atoms with van der Waals surface area (Å²) in [6, 6.07) is 8.19. The number of carbonyl (C=O) groups is 1. The molecule has 0 saturated carbocycles. The van der Waals surface area contributed by atoms with E-state index >= 15 is 4.39 Å². The van der Waals surface area contributed by atoms with Gasteiger partial charge in [-0.25, -0.2) is 4.39 Å². The zero-order valence-corrected chi connectivity index (χ0v) is 23.4. The van der Waals surface area contributed by atoms with Crippen LogP contribution < -0.4 is 9.64 Å². The lowest BCUT2D eigenvalue weighted by Crippen LogP contribution is -2.55. The Morgan fingerprint density at radius 1 is 1.22 bits per heavy atom. The third-order valence-corrected chi connectivity index (χ3v) is 8.69. The van der Waals surface area contributed by atoms with Crippen molar-refractivity contribution in [3.05, 3.63) is 54.0 Å². The minimum Gasteiger partial charge on any atom is -0.462 e. The van der Waals surface area contributed by atoms with Gasteiger partial charge in [0, 0.05) is 37.4 Å². The number of likely N-dealkylation sites (N-methyl/N-ethyl adjacent to an activating group) is 1. The van der Waals surface area contributed by atoms with Gasteiger partial charge in [0.25, 0.3) is 0 Å². The van der Waals surface area contributed by atoms with E-state index < -0.39 is 5.82 Å². The highest BCUT2D eigenvalue weighted by atomic mass is 19.1. The molecule has 10 heteroatoms. The summed E-state index contributed by atoms with van der Waals surface area (Å²) in [5.74, 6) is -0.215. The average molecular weight is 556 g/mol. The third-order valence-electron chi connectivity index (χ3n) is 8.69. The molecule has 4 heterocycles. The van der Waals surface area contributed by atoms with Crippen LogP contribution in [0.25, 0.3) is 22.2 Å². The molecule has 0 bridgehead atoms. The maximum absolute atomic E-state index is 16.4. The fraction of sp³-hybridized carbons (Fsp3) is 0.452. The lowest BCUT2D eigenvalue weighted by Gasteiger charge is -2.41. The largest absolute Gasteiger partial charge is 0.462 e. The number of rotatable bonds is 7. The number of amides is 1. The van der Waals surface area contributed by atoms with Crippen molar-refractivity contribution in [1.82, 2.24) is 24.8 Å². The van der Waals surface area contributed by atoms with Crippen molar-refractivity contribution >= 4 is 22.6 Å². The Balaban J connectivity index is 1.42. The fourth-order valence-corrected chi connectivity index (χ4v) is 6.45. The number of halogens is 1. The fourth-order valence-electron chi connectivity index (χ4n) is 6.45. The van der Waals surface area contributed by atoms with Crippen molar-refractivity contribution in [2.45, 2.75) is 50.6 Å².